The van der Waals surface area contributed by atoms with Crippen LogP contribution in [0.25, 0.3) is 0 Å². The van der Waals surface area contributed by atoms with Gasteiger partial charge in [-0.3, -0.25) is 9.59 Å². The summed E-state index contributed by atoms with van der Waals surface area (Å²) in [6.45, 7) is 8.48. The summed E-state index contributed by atoms with van der Waals surface area (Å²) < 4.78 is 10.6. The number of carbonyl (C=O) groups is 2. The minimum Gasteiger partial charge on any atom is -0.497 e. The molecule has 0 aliphatic carbocycles. The molecule has 3 aromatic rings. The third-order valence-electron chi connectivity index (χ3n) is 7.33. The SMILES string of the molecule is C=CC[C@@H]1C(=O)N(Cc2ccc(OC)cc2)[C@@](CC=C)(Cc2ccccc2)C(=O)N1Cc1ccc(OC)cc1. The first-order chi connectivity index (χ1) is 18.9. The summed E-state index contributed by atoms with van der Waals surface area (Å²) in [7, 11) is 3.24. The minimum atomic E-state index is -1.13. The highest BCUT2D eigenvalue weighted by molar-refractivity contribution is 6.00. The molecule has 0 spiro atoms. The second-order valence-corrected chi connectivity index (χ2v) is 9.78. The molecule has 1 heterocycles. The molecule has 0 aromatic heterocycles. The minimum absolute atomic E-state index is 0.0953. The van der Waals surface area contributed by atoms with Gasteiger partial charge in [0.1, 0.15) is 23.1 Å². The van der Waals surface area contributed by atoms with Gasteiger partial charge < -0.3 is 19.3 Å². The molecule has 6 heteroatoms. The zero-order valence-electron chi connectivity index (χ0n) is 22.7. The Morgan fingerprint density at radius 3 is 1.85 bits per heavy atom. The van der Waals surface area contributed by atoms with Crippen molar-refractivity contribution in [2.24, 2.45) is 0 Å². The van der Waals surface area contributed by atoms with Crippen LogP contribution in [-0.2, 0) is 29.1 Å². The van der Waals surface area contributed by atoms with E-state index in [4.69, 9.17) is 9.47 Å². The topological polar surface area (TPSA) is 59.1 Å². The second kappa shape index (κ2) is 12.5. The molecule has 0 unspecified atom stereocenters. The van der Waals surface area contributed by atoms with Crippen molar-refractivity contribution in [2.45, 2.75) is 43.9 Å². The Kier molecular flexibility index (Phi) is 8.87. The lowest BCUT2D eigenvalue weighted by Crippen LogP contribution is -2.71. The first-order valence-electron chi connectivity index (χ1n) is 13.1. The fraction of sp³-hybridized carbons (Fsp3) is 0.273. The Morgan fingerprint density at radius 1 is 0.769 bits per heavy atom. The number of ether oxygens (including phenoxy) is 2. The van der Waals surface area contributed by atoms with Crippen LogP contribution in [0.4, 0.5) is 0 Å². The molecule has 1 aliphatic rings. The monoisotopic (exact) mass is 524 g/mol. The highest BCUT2D eigenvalue weighted by Crippen LogP contribution is 2.37. The van der Waals surface area contributed by atoms with E-state index in [1.54, 1.807) is 36.2 Å². The highest BCUT2D eigenvalue weighted by atomic mass is 16.5. The maximum absolute atomic E-state index is 14.7. The van der Waals surface area contributed by atoms with Crippen molar-refractivity contribution in [1.29, 1.82) is 0 Å². The van der Waals surface area contributed by atoms with Crippen LogP contribution in [-0.4, -0.2) is 47.4 Å². The van der Waals surface area contributed by atoms with Crippen molar-refractivity contribution < 1.29 is 19.1 Å². The molecule has 1 fully saturated rings. The van der Waals surface area contributed by atoms with Gasteiger partial charge in [0.05, 0.1) is 14.2 Å². The summed E-state index contributed by atoms with van der Waals surface area (Å²) >= 11 is 0. The van der Waals surface area contributed by atoms with Crippen LogP contribution in [0.15, 0.2) is 104 Å². The molecular formula is C33H36N2O4. The number of carbonyl (C=O) groups excluding carboxylic acids is 2. The van der Waals surface area contributed by atoms with Crippen LogP contribution in [0.5, 0.6) is 11.5 Å². The largest absolute Gasteiger partial charge is 0.497 e. The summed E-state index contributed by atoms with van der Waals surface area (Å²) in [6.07, 6.45) is 4.51. The number of nitrogens with zero attached hydrogens (tertiary/aromatic N) is 2. The van der Waals surface area contributed by atoms with Gasteiger partial charge in [0, 0.05) is 19.5 Å². The van der Waals surface area contributed by atoms with Gasteiger partial charge in [-0.05, 0) is 53.8 Å². The van der Waals surface area contributed by atoms with Gasteiger partial charge >= 0.3 is 0 Å². The molecule has 2 atom stereocenters. The molecule has 4 rings (SSSR count). The normalized spacial score (nSPS) is 19.1. The Bertz CT molecular complexity index is 1290. The number of hydrogen-bond acceptors (Lipinski definition) is 4. The van der Waals surface area contributed by atoms with Gasteiger partial charge in [0.2, 0.25) is 11.8 Å². The predicted molar refractivity (Wildman–Crippen MR) is 153 cm³/mol. The van der Waals surface area contributed by atoms with Crippen LogP contribution in [0, 0.1) is 0 Å². The van der Waals surface area contributed by atoms with Crippen molar-refractivity contribution in [3.63, 3.8) is 0 Å². The van der Waals surface area contributed by atoms with Gasteiger partial charge in [0.15, 0.2) is 0 Å². The summed E-state index contributed by atoms with van der Waals surface area (Å²) in [6, 6.07) is 24.4. The Labute approximate surface area is 231 Å². The molecule has 0 bridgehead atoms. The number of rotatable bonds is 12. The van der Waals surface area contributed by atoms with E-state index in [2.05, 4.69) is 13.2 Å². The smallest absolute Gasteiger partial charge is 0.250 e. The standard InChI is InChI=1S/C33H36N2O4/c1-5-10-30-31(36)35(24-27-15-19-29(39-4)20-16-27)33(21-6-2,22-25-11-8-7-9-12-25)32(37)34(30)23-26-13-17-28(38-3)18-14-26/h5-9,11-20,30H,1-2,10,21-24H2,3-4H3/t30-,33+/m1/s1. The lowest BCUT2D eigenvalue weighted by molar-refractivity contribution is -0.172. The van der Waals surface area contributed by atoms with Gasteiger partial charge in [-0.2, -0.15) is 0 Å². The summed E-state index contributed by atoms with van der Waals surface area (Å²) in [4.78, 5) is 32.6. The number of hydrogen-bond donors (Lipinski definition) is 0. The van der Waals surface area contributed by atoms with Crippen molar-refractivity contribution in [1.82, 2.24) is 9.80 Å². The summed E-state index contributed by atoms with van der Waals surface area (Å²) in [5.74, 6) is 1.27. The second-order valence-electron chi connectivity index (χ2n) is 9.78. The van der Waals surface area contributed by atoms with Gasteiger partial charge in [0.25, 0.3) is 0 Å². The van der Waals surface area contributed by atoms with Crippen LogP contribution < -0.4 is 9.47 Å². The van der Waals surface area contributed by atoms with Crippen LogP contribution in [0.3, 0.4) is 0 Å². The van der Waals surface area contributed by atoms with Crippen LogP contribution in [0.2, 0.25) is 0 Å². The average Bonchev–Trinajstić information content (AvgIpc) is 2.97. The molecule has 0 radical (unpaired) electrons. The summed E-state index contributed by atoms with van der Waals surface area (Å²) in [5.41, 5.74) is 1.68. The molecule has 1 saturated heterocycles. The first-order valence-corrected chi connectivity index (χ1v) is 13.1. The fourth-order valence-corrected chi connectivity index (χ4v) is 5.30. The van der Waals surface area contributed by atoms with E-state index in [0.717, 1.165) is 28.2 Å². The van der Waals surface area contributed by atoms with Gasteiger partial charge in [-0.1, -0.05) is 66.7 Å². The third-order valence-corrected chi connectivity index (χ3v) is 7.33. The number of methoxy groups -OCH3 is 2. The number of piperazine rings is 1. The molecule has 6 nitrogen and oxygen atoms in total. The molecule has 1 aliphatic heterocycles. The van der Waals surface area contributed by atoms with Crippen molar-refractivity contribution in [3.8, 4) is 11.5 Å². The molecule has 0 N–H and O–H groups in total. The van der Waals surface area contributed by atoms with Crippen LogP contribution >= 0.6 is 0 Å². The molecule has 3 aromatic carbocycles. The predicted octanol–water partition coefficient (Wildman–Crippen LogP) is 5.58. The Balaban J connectivity index is 1.81. The molecule has 202 valence electrons. The van der Waals surface area contributed by atoms with Crippen molar-refractivity contribution >= 4 is 11.8 Å². The number of benzene rings is 3. The van der Waals surface area contributed by atoms with E-state index in [9.17, 15) is 9.59 Å². The quantitative estimate of drug-likeness (QED) is 0.291. The van der Waals surface area contributed by atoms with E-state index < -0.39 is 11.6 Å². The zero-order chi connectivity index (χ0) is 27.8. The molecule has 39 heavy (non-hydrogen) atoms. The Morgan fingerprint density at radius 2 is 1.33 bits per heavy atom. The van der Waals surface area contributed by atoms with Gasteiger partial charge in [-0.15, -0.1) is 13.2 Å². The van der Waals surface area contributed by atoms with Crippen molar-refractivity contribution in [2.75, 3.05) is 14.2 Å². The fourth-order valence-electron chi connectivity index (χ4n) is 5.30. The molecule has 0 saturated carbocycles. The van der Waals surface area contributed by atoms with Gasteiger partial charge in [-0.25, -0.2) is 0 Å². The maximum Gasteiger partial charge on any atom is 0.250 e. The first kappa shape index (κ1) is 27.7. The van der Waals surface area contributed by atoms with E-state index in [1.165, 1.54) is 0 Å². The number of amides is 2. The maximum atomic E-state index is 14.7. The lowest BCUT2D eigenvalue weighted by Gasteiger charge is -2.52. The van der Waals surface area contributed by atoms with E-state index in [1.807, 2.05) is 78.9 Å². The molecule has 2 amide bonds. The van der Waals surface area contributed by atoms with Crippen LogP contribution in [0.1, 0.15) is 29.5 Å². The average molecular weight is 525 g/mol. The van der Waals surface area contributed by atoms with Crippen molar-refractivity contribution in [3.05, 3.63) is 121 Å². The molecular weight excluding hydrogens is 488 g/mol. The lowest BCUT2D eigenvalue weighted by atomic mass is 9.80. The highest BCUT2D eigenvalue weighted by Gasteiger charge is 2.55. The van der Waals surface area contributed by atoms with E-state index in [-0.39, 0.29) is 11.8 Å². The summed E-state index contributed by atoms with van der Waals surface area (Å²) in [5, 5.41) is 0. The van der Waals surface area contributed by atoms with E-state index in [0.29, 0.717) is 32.4 Å². The third kappa shape index (κ3) is 5.90. The van der Waals surface area contributed by atoms with E-state index >= 15 is 0 Å². The Hall–Kier alpha value is -4.32. The zero-order valence-corrected chi connectivity index (χ0v) is 22.7.